The molecule has 3 aromatic rings. The summed E-state index contributed by atoms with van der Waals surface area (Å²) in [6.07, 6.45) is 2.69. The molecule has 2 heterocycles. The van der Waals surface area contributed by atoms with Crippen LogP contribution >= 0.6 is 11.6 Å². The fraction of sp³-hybridized carbons (Fsp3) is 0.158. The molecular formula is C19H20ClN7O2. The maximum absolute atomic E-state index is 11.5. The predicted molar refractivity (Wildman–Crippen MR) is 113 cm³/mol. The average Bonchev–Trinajstić information content (AvgIpc) is 3.04. The molecule has 0 saturated carbocycles. The van der Waals surface area contributed by atoms with Crippen molar-refractivity contribution in [3.63, 3.8) is 0 Å². The third-order valence-electron chi connectivity index (χ3n) is 3.83. The number of carbonyl (C=O) groups is 1. The molecule has 10 heteroatoms. The lowest BCUT2D eigenvalue weighted by atomic mass is 10.2. The summed E-state index contributed by atoms with van der Waals surface area (Å²) in [5.41, 5.74) is 2.21. The molecule has 3 rings (SSSR count). The zero-order valence-corrected chi connectivity index (χ0v) is 16.7. The molecule has 2 aromatic heterocycles. The number of amides is 1. The molecule has 0 saturated heterocycles. The number of nitrogens with zero attached hydrogens (tertiary/aromatic N) is 4. The van der Waals surface area contributed by atoms with Gasteiger partial charge in [-0.2, -0.15) is 10.1 Å². The second kappa shape index (κ2) is 9.18. The van der Waals surface area contributed by atoms with Crippen molar-refractivity contribution in [1.29, 1.82) is 0 Å². The number of hydrogen-bond acceptors (Lipinski definition) is 7. The van der Waals surface area contributed by atoms with Gasteiger partial charge in [0.05, 0.1) is 18.5 Å². The fourth-order valence-electron chi connectivity index (χ4n) is 2.48. The number of aryl methyl sites for hydroxylation is 1. The summed E-state index contributed by atoms with van der Waals surface area (Å²) in [6, 6.07) is 8.98. The molecule has 0 bridgehead atoms. The second-order valence-corrected chi connectivity index (χ2v) is 6.40. The van der Waals surface area contributed by atoms with Crippen LogP contribution in [-0.4, -0.2) is 32.8 Å². The molecule has 0 aliphatic rings. The van der Waals surface area contributed by atoms with Crippen LogP contribution in [0.15, 0.2) is 49.2 Å². The van der Waals surface area contributed by atoms with Crippen LogP contribution < -0.4 is 16.0 Å². The van der Waals surface area contributed by atoms with E-state index < -0.39 is 0 Å². The molecule has 0 aliphatic carbocycles. The number of nitrogens with one attached hydrogen (secondary N) is 3. The van der Waals surface area contributed by atoms with E-state index in [1.165, 1.54) is 12.3 Å². The van der Waals surface area contributed by atoms with Gasteiger partial charge in [0.15, 0.2) is 11.6 Å². The molecule has 0 fully saturated rings. The van der Waals surface area contributed by atoms with E-state index >= 15 is 0 Å². The van der Waals surface area contributed by atoms with Crippen LogP contribution in [0.5, 0.6) is 0 Å². The van der Waals surface area contributed by atoms with Crippen LogP contribution in [0.2, 0.25) is 5.02 Å². The zero-order chi connectivity index (χ0) is 20.8. The molecule has 1 amide bonds. The SMILES string of the molecule is C=CC(=O)Nc1cccc(Nc2nc(Nc3cc(COC)n(C)n3)ncc2Cl)c1. The number of hydrogen-bond donors (Lipinski definition) is 3. The number of methoxy groups -OCH3 is 1. The molecule has 0 aliphatic heterocycles. The van der Waals surface area contributed by atoms with E-state index in [1.54, 1.807) is 30.0 Å². The molecule has 1 aromatic carbocycles. The molecule has 3 N–H and O–H groups in total. The number of halogens is 1. The number of carbonyl (C=O) groups excluding carboxylic acids is 1. The van der Waals surface area contributed by atoms with Gasteiger partial charge < -0.3 is 20.7 Å². The summed E-state index contributed by atoms with van der Waals surface area (Å²) < 4.78 is 6.85. The first-order valence-electron chi connectivity index (χ1n) is 8.60. The fourth-order valence-corrected chi connectivity index (χ4v) is 2.62. The Labute approximate surface area is 172 Å². The van der Waals surface area contributed by atoms with Gasteiger partial charge in [0.2, 0.25) is 11.9 Å². The highest BCUT2D eigenvalue weighted by molar-refractivity contribution is 6.32. The summed E-state index contributed by atoms with van der Waals surface area (Å²) >= 11 is 6.23. The summed E-state index contributed by atoms with van der Waals surface area (Å²) in [5, 5.41) is 13.6. The molecule has 150 valence electrons. The first-order valence-corrected chi connectivity index (χ1v) is 8.98. The van der Waals surface area contributed by atoms with Gasteiger partial charge in [-0.25, -0.2) is 4.98 Å². The van der Waals surface area contributed by atoms with E-state index in [2.05, 4.69) is 37.6 Å². The average molecular weight is 414 g/mol. The van der Waals surface area contributed by atoms with E-state index in [9.17, 15) is 4.79 Å². The Hall–Kier alpha value is -3.43. The second-order valence-electron chi connectivity index (χ2n) is 5.99. The van der Waals surface area contributed by atoms with E-state index in [4.69, 9.17) is 16.3 Å². The molecule has 0 unspecified atom stereocenters. The Morgan fingerprint density at radius 1 is 1.31 bits per heavy atom. The smallest absolute Gasteiger partial charge is 0.247 e. The maximum atomic E-state index is 11.5. The van der Waals surface area contributed by atoms with Crippen LogP contribution in [0.1, 0.15) is 5.69 Å². The Kier molecular flexibility index (Phi) is 6.43. The lowest BCUT2D eigenvalue weighted by molar-refractivity contribution is -0.111. The van der Waals surface area contributed by atoms with E-state index in [1.807, 2.05) is 19.2 Å². The van der Waals surface area contributed by atoms with Crippen molar-refractivity contribution in [2.45, 2.75) is 6.61 Å². The van der Waals surface area contributed by atoms with Gasteiger partial charge in [-0.1, -0.05) is 24.2 Å². The standard InChI is InChI=1S/C19H20ClN7O2/c1-4-17(28)22-12-6-5-7-13(8-12)23-18-15(20)10-21-19(25-18)24-16-9-14(11-29-3)27(2)26-16/h4-10H,1,11H2,2-3H3,(H,22,28)(H2,21,23,24,25,26). The highest BCUT2D eigenvalue weighted by Gasteiger charge is 2.10. The number of rotatable bonds is 8. The predicted octanol–water partition coefficient (Wildman–Crippen LogP) is 3.62. The van der Waals surface area contributed by atoms with Crippen molar-refractivity contribution in [1.82, 2.24) is 19.7 Å². The van der Waals surface area contributed by atoms with Crippen LogP contribution in [0.4, 0.5) is 29.0 Å². The van der Waals surface area contributed by atoms with E-state index in [-0.39, 0.29) is 5.91 Å². The van der Waals surface area contributed by atoms with Gasteiger partial charge in [0.25, 0.3) is 0 Å². The van der Waals surface area contributed by atoms with Crippen LogP contribution in [0.3, 0.4) is 0 Å². The normalized spacial score (nSPS) is 10.4. The number of benzene rings is 1. The highest BCUT2D eigenvalue weighted by Crippen LogP contribution is 2.26. The minimum Gasteiger partial charge on any atom is -0.378 e. The topological polar surface area (TPSA) is 106 Å². The number of anilines is 5. The quantitative estimate of drug-likeness (QED) is 0.484. The van der Waals surface area contributed by atoms with Crippen molar-refractivity contribution < 1.29 is 9.53 Å². The Bertz CT molecular complexity index is 1040. The first-order chi connectivity index (χ1) is 14.0. The number of aromatic nitrogens is 4. The minimum atomic E-state index is -0.295. The lowest BCUT2D eigenvalue weighted by Crippen LogP contribution is -2.07. The van der Waals surface area contributed by atoms with Gasteiger partial charge in [0, 0.05) is 31.6 Å². The summed E-state index contributed by atoms with van der Waals surface area (Å²) in [5.74, 6) is 1.03. The molecule has 0 spiro atoms. The Morgan fingerprint density at radius 3 is 2.86 bits per heavy atom. The van der Waals surface area contributed by atoms with Crippen molar-refractivity contribution in [2.24, 2.45) is 7.05 Å². The van der Waals surface area contributed by atoms with E-state index in [0.717, 1.165) is 5.69 Å². The number of ether oxygens (including phenoxy) is 1. The third kappa shape index (κ3) is 5.31. The van der Waals surface area contributed by atoms with Crippen LogP contribution in [-0.2, 0) is 23.2 Å². The maximum Gasteiger partial charge on any atom is 0.247 e. The zero-order valence-electron chi connectivity index (χ0n) is 15.9. The van der Waals surface area contributed by atoms with Crippen molar-refractivity contribution >= 4 is 46.5 Å². The molecule has 0 atom stereocenters. The van der Waals surface area contributed by atoms with Crippen LogP contribution in [0, 0.1) is 0 Å². The van der Waals surface area contributed by atoms with Gasteiger partial charge in [0.1, 0.15) is 5.02 Å². The van der Waals surface area contributed by atoms with Gasteiger partial charge in [-0.05, 0) is 24.3 Å². The molecular weight excluding hydrogens is 394 g/mol. The van der Waals surface area contributed by atoms with Crippen molar-refractivity contribution in [2.75, 3.05) is 23.1 Å². The Balaban J connectivity index is 1.77. The largest absolute Gasteiger partial charge is 0.378 e. The van der Waals surface area contributed by atoms with Crippen molar-refractivity contribution in [3.05, 3.63) is 59.9 Å². The third-order valence-corrected chi connectivity index (χ3v) is 4.11. The summed E-state index contributed by atoms with van der Waals surface area (Å²) in [4.78, 5) is 20.1. The van der Waals surface area contributed by atoms with Gasteiger partial charge >= 0.3 is 0 Å². The summed E-state index contributed by atoms with van der Waals surface area (Å²) in [7, 11) is 3.45. The van der Waals surface area contributed by atoms with E-state index in [0.29, 0.717) is 40.6 Å². The monoisotopic (exact) mass is 413 g/mol. The highest BCUT2D eigenvalue weighted by atomic mass is 35.5. The molecule has 29 heavy (non-hydrogen) atoms. The lowest BCUT2D eigenvalue weighted by Gasteiger charge is -2.10. The molecule has 0 radical (unpaired) electrons. The first kappa shape index (κ1) is 20.3. The van der Waals surface area contributed by atoms with Crippen LogP contribution in [0.25, 0.3) is 0 Å². The molecule has 9 nitrogen and oxygen atoms in total. The van der Waals surface area contributed by atoms with Crippen molar-refractivity contribution in [3.8, 4) is 0 Å². The summed E-state index contributed by atoms with van der Waals surface area (Å²) in [6.45, 7) is 3.88. The minimum absolute atomic E-state index is 0.295. The van der Waals surface area contributed by atoms with Gasteiger partial charge in [-0.15, -0.1) is 0 Å². The Morgan fingerprint density at radius 2 is 2.10 bits per heavy atom. The van der Waals surface area contributed by atoms with Gasteiger partial charge in [-0.3, -0.25) is 9.48 Å².